The summed E-state index contributed by atoms with van der Waals surface area (Å²) in [6.45, 7) is 3.91. The number of hydrogen-bond acceptors (Lipinski definition) is 3. The second-order valence-corrected chi connectivity index (χ2v) is 6.22. The molecule has 6 nitrogen and oxygen atoms in total. The van der Waals surface area contributed by atoms with E-state index in [4.69, 9.17) is 4.74 Å². The van der Waals surface area contributed by atoms with E-state index in [1.165, 1.54) is 0 Å². The molecule has 1 atom stereocenters. The number of carbonyl (C=O) groups is 2. The Morgan fingerprint density at radius 1 is 0.846 bits per heavy atom. The monoisotopic (exact) mass is 355 g/mol. The summed E-state index contributed by atoms with van der Waals surface area (Å²) < 4.78 is 5.24. The lowest BCUT2D eigenvalue weighted by molar-refractivity contribution is 0.134. The number of carbonyl (C=O) groups excluding carboxylic acids is 2. The number of urea groups is 1. The fourth-order valence-electron chi connectivity index (χ4n) is 2.36. The molecule has 0 radical (unpaired) electrons. The van der Waals surface area contributed by atoms with Crippen LogP contribution in [0.15, 0.2) is 60.7 Å². The van der Waals surface area contributed by atoms with E-state index in [0.717, 1.165) is 11.1 Å². The van der Waals surface area contributed by atoms with Crippen LogP contribution in [0.3, 0.4) is 0 Å². The molecular weight excluding hydrogens is 330 g/mol. The quantitative estimate of drug-likeness (QED) is 0.667. The van der Waals surface area contributed by atoms with Crippen LogP contribution in [-0.4, -0.2) is 24.3 Å². The molecule has 0 saturated heterocycles. The maximum atomic E-state index is 12.1. The Morgan fingerprint density at radius 2 is 1.42 bits per heavy atom. The van der Waals surface area contributed by atoms with E-state index in [1.54, 1.807) is 0 Å². The molecule has 0 aliphatic carbocycles. The van der Waals surface area contributed by atoms with E-state index < -0.39 is 12.3 Å². The summed E-state index contributed by atoms with van der Waals surface area (Å²) in [4.78, 5) is 24.1. The third-order valence-corrected chi connectivity index (χ3v) is 3.51. The van der Waals surface area contributed by atoms with Crippen molar-refractivity contribution in [3.63, 3.8) is 0 Å². The van der Waals surface area contributed by atoms with Crippen molar-refractivity contribution < 1.29 is 14.3 Å². The highest BCUT2D eigenvalue weighted by Gasteiger charge is 2.17. The summed E-state index contributed by atoms with van der Waals surface area (Å²) in [5.74, 6) is 0. The van der Waals surface area contributed by atoms with Gasteiger partial charge in [-0.1, -0.05) is 60.7 Å². The maximum absolute atomic E-state index is 12.1. The average molecular weight is 355 g/mol. The van der Waals surface area contributed by atoms with Crippen LogP contribution in [0.4, 0.5) is 9.59 Å². The largest absolute Gasteiger partial charge is 0.445 e. The van der Waals surface area contributed by atoms with Crippen molar-refractivity contribution in [1.29, 1.82) is 0 Å². The normalized spacial score (nSPS) is 11.5. The molecule has 0 aliphatic heterocycles. The van der Waals surface area contributed by atoms with Crippen molar-refractivity contribution in [2.75, 3.05) is 0 Å². The molecule has 0 aliphatic rings. The van der Waals surface area contributed by atoms with E-state index in [-0.39, 0.29) is 18.7 Å². The summed E-state index contributed by atoms with van der Waals surface area (Å²) in [5.41, 5.74) is 1.89. The lowest BCUT2D eigenvalue weighted by Gasteiger charge is -2.21. The van der Waals surface area contributed by atoms with Gasteiger partial charge in [0.05, 0.1) is 0 Å². The Bertz CT molecular complexity index is 690. The summed E-state index contributed by atoms with van der Waals surface area (Å²) in [6.07, 6.45) is -0.716. The van der Waals surface area contributed by atoms with Gasteiger partial charge in [0.2, 0.25) is 0 Å². The van der Waals surface area contributed by atoms with Crippen LogP contribution in [0.1, 0.15) is 25.0 Å². The minimum absolute atomic E-state index is 0.00240. The standard InChI is InChI=1S/C20H25N3O3/c1-15(2)21-19(24)22-18(13-16-9-5-3-6-10-16)23-20(25)26-14-17-11-7-4-8-12-17/h3-12,15,18H,13-14H2,1-2H3,(H,23,25)(H2,21,22,24)/t18-/m0/s1. The highest BCUT2D eigenvalue weighted by molar-refractivity contribution is 5.75. The maximum Gasteiger partial charge on any atom is 0.409 e. The molecule has 2 rings (SSSR count). The van der Waals surface area contributed by atoms with Gasteiger partial charge >= 0.3 is 12.1 Å². The zero-order chi connectivity index (χ0) is 18.8. The molecule has 0 unspecified atom stereocenters. The second-order valence-electron chi connectivity index (χ2n) is 6.22. The van der Waals surface area contributed by atoms with Gasteiger partial charge in [-0.25, -0.2) is 9.59 Å². The van der Waals surface area contributed by atoms with Crippen LogP contribution in [0.2, 0.25) is 0 Å². The van der Waals surface area contributed by atoms with Gasteiger partial charge in [-0.05, 0) is 25.0 Å². The Balaban J connectivity index is 1.93. The van der Waals surface area contributed by atoms with Crippen LogP contribution < -0.4 is 16.0 Å². The number of rotatable bonds is 7. The predicted octanol–water partition coefficient (Wildman–Crippen LogP) is 3.19. The van der Waals surface area contributed by atoms with Gasteiger partial charge in [0.25, 0.3) is 0 Å². The van der Waals surface area contributed by atoms with Gasteiger partial charge in [0.15, 0.2) is 0 Å². The molecule has 0 bridgehead atoms. The highest BCUT2D eigenvalue weighted by Crippen LogP contribution is 2.04. The molecule has 0 heterocycles. The van der Waals surface area contributed by atoms with E-state index in [2.05, 4.69) is 16.0 Å². The molecule has 0 aromatic heterocycles. The minimum atomic E-state index is -0.584. The minimum Gasteiger partial charge on any atom is -0.445 e. The molecule has 26 heavy (non-hydrogen) atoms. The zero-order valence-electron chi connectivity index (χ0n) is 15.1. The van der Waals surface area contributed by atoms with Crippen molar-refractivity contribution in [3.05, 3.63) is 71.8 Å². The number of benzene rings is 2. The van der Waals surface area contributed by atoms with Gasteiger partial charge in [-0.3, -0.25) is 0 Å². The summed E-state index contributed by atoms with van der Waals surface area (Å²) in [7, 11) is 0. The molecule has 3 N–H and O–H groups in total. The predicted molar refractivity (Wildman–Crippen MR) is 101 cm³/mol. The molecule has 6 heteroatoms. The Morgan fingerprint density at radius 3 is 2.00 bits per heavy atom. The SMILES string of the molecule is CC(C)NC(=O)N[C@H](Cc1ccccc1)NC(=O)OCc1ccccc1. The van der Waals surface area contributed by atoms with Crippen LogP contribution in [0.5, 0.6) is 0 Å². The molecule has 3 amide bonds. The highest BCUT2D eigenvalue weighted by atomic mass is 16.5. The van der Waals surface area contributed by atoms with Crippen molar-refractivity contribution in [2.45, 2.75) is 39.1 Å². The van der Waals surface area contributed by atoms with Gasteiger partial charge in [-0.15, -0.1) is 0 Å². The van der Waals surface area contributed by atoms with Crippen LogP contribution in [0, 0.1) is 0 Å². The number of ether oxygens (including phenoxy) is 1. The van der Waals surface area contributed by atoms with E-state index >= 15 is 0 Å². The summed E-state index contributed by atoms with van der Waals surface area (Å²) in [6, 6.07) is 18.7. The third-order valence-electron chi connectivity index (χ3n) is 3.51. The first-order valence-corrected chi connectivity index (χ1v) is 8.61. The van der Waals surface area contributed by atoms with Crippen LogP contribution >= 0.6 is 0 Å². The third kappa shape index (κ3) is 7.25. The Hall–Kier alpha value is -3.02. The molecule has 0 saturated carbocycles. The lowest BCUT2D eigenvalue weighted by atomic mass is 10.1. The number of alkyl carbamates (subject to hydrolysis) is 1. The molecular formula is C20H25N3O3. The van der Waals surface area contributed by atoms with Gasteiger partial charge in [0.1, 0.15) is 12.8 Å². The molecule has 0 spiro atoms. The van der Waals surface area contributed by atoms with Crippen LogP contribution in [-0.2, 0) is 17.8 Å². The summed E-state index contributed by atoms with van der Waals surface area (Å²) >= 11 is 0. The molecule has 2 aromatic rings. The number of amides is 3. The smallest absolute Gasteiger partial charge is 0.409 e. The molecule has 0 fully saturated rings. The van der Waals surface area contributed by atoms with E-state index in [1.807, 2.05) is 74.5 Å². The number of nitrogens with one attached hydrogen (secondary N) is 3. The first-order valence-electron chi connectivity index (χ1n) is 8.61. The molecule has 2 aromatic carbocycles. The fourth-order valence-corrected chi connectivity index (χ4v) is 2.36. The first-order chi connectivity index (χ1) is 12.5. The first kappa shape index (κ1) is 19.3. The Kier molecular flexibility index (Phi) is 7.49. The summed E-state index contributed by atoms with van der Waals surface area (Å²) in [5, 5.41) is 8.22. The van der Waals surface area contributed by atoms with Crippen molar-refractivity contribution in [3.8, 4) is 0 Å². The lowest BCUT2D eigenvalue weighted by Crippen LogP contribution is -2.53. The Labute approximate surface area is 153 Å². The van der Waals surface area contributed by atoms with E-state index in [0.29, 0.717) is 6.42 Å². The van der Waals surface area contributed by atoms with Gasteiger partial charge in [0, 0.05) is 12.5 Å². The van der Waals surface area contributed by atoms with Gasteiger partial charge in [-0.2, -0.15) is 0 Å². The topological polar surface area (TPSA) is 79.5 Å². The fraction of sp³-hybridized carbons (Fsp3) is 0.300. The van der Waals surface area contributed by atoms with Crippen molar-refractivity contribution in [1.82, 2.24) is 16.0 Å². The number of hydrogen-bond donors (Lipinski definition) is 3. The molecule has 138 valence electrons. The zero-order valence-corrected chi connectivity index (χ0v) is 15.1. The van der Waals surface area contributed by atoms with Gasteiger partial charge < -0.3 is 20.7 Å². The van der Waals surface area contributed by atoms with Crippen LogP contribution in [0.25, 0.3) is 0 Å². The average Bonchev–Trinajstić information content (AvgIpc) is 2.61. The van der Waals surface area contributed by atoms with Crippen molar-refractivity contribution in [2.24, 2.45) is 0 Å². The van der Waals surface area contributed by atoms with E-state index in [9.17, 15) is 9.59 Å². The van der Waals surface area contributed by atoms with Crippen molar-refractivity contribution >= 4 is 12.1 Å². The second kappa shape index (κ2) is 10.1.